The third-order valence-electron chi connectivity index (χ3n) is 3.82. The van der Waals surface area contributed by atoms with Gasteiger partial charge < -0.3 is 15.2 Å². The Morgan fingerprint density at radius 1 is 1.23 bits per heavy atom. The number of amides is 1. The third kappa shape index (κ3) is 3.60. The Balaban J connectivity index is 1.85. The molecule has 0 bridgehead atoms. The zero-order chi connectivity index (χ0) is 19.1. The van der Waals surface area contributed by atoms with E-state index in [0.29, 0.717) is 5.56 Å². The molecule has 1 aliphatic rings. The first kappa shape index (κ1) is 18.1. The van der Waals surface area contributed by atoms with Crippen LogP contribution in [0.5, 0.6) is 11.5 Å². The summed E-state index contributed by atoms with van der Waals surface area (Å²) in [6, 6.07) is 6.45. The van der Waals surface area contributed by atoms with Gasteiger partial charge in [0.2, 0.25) is 0 Å². The van der Waals surface area contributed by atoms with Crippen molar-refractivity contribution in [2.75, 3.05) is 0 Å². The van der Waals surface area contributed by atoms with Gasteiger partial charge in [0.05, 0.1) is 23.0 Å². The summed E-state index contributed by atoms with van der Waals surface area (Å²) in [4.78, 5) is 22.8. The first-order chi connectivity index (χ1) is 12.1. The average molecular weight is 386 g/mol. The van der Waals surface area contributed by atoms with Crippen LogP contribution in [0.25, 0.3) is 0 Å². The van der Waals surface area contributed by atoms with Crippen LogP contribution in [0.1, 0.15) is 33.9 Å². The highest BCUT2D eigenvalue weighted by Crippen LogP contribution is 2.37. The lowest BCUT2D eigenvalue weighted by Crippen LogP contribution is -2.21. The quantitative estimate of drug-likeness (QED) is 0.817. The van der Waals surface area contributed by atoms with E-state index in [1.807, 2.05) is 0 Å². The number of hydrogen-bond acceptors (Lipinski definition) is 3. The summed E-state index contributed by atoms with van der Waals surface area (Å²) >= 11 is 5.84. The van der Waals surface area contributed by atoms with Gasteiger partial charge in [-0.25, -0.2) is 0 Å². The number of ether oxygens (including phenoxy) is 1. The van der Waals surface area contributed by atoms with Crippen molar-refractivity contribution >= 4 is 23.5 Å². The summed E-state index contributed by atoms with van der Waals surface area (Å²) in [6.45, 7) is 0. The van der Waals surface area contributed by atoms with Gasteiger partial charge in [-0.3, -0.25) is 9.59 Å². The van der Waals surface area contributed by atoms with Crippen molar-refractivity contribution in [3.63, 3.8) is 0 Å². The Morgan fingerprint density at radius 3 is 2.58 bits per heavy atom. The Kier molecular flexibility index (Phi) is 4.53. The average Bonchev–Trinajstić information content (AvgIpc) is 2.83. The molecule has 0 aliphatic carbocycles. The molecule has 1 heterocycles. The molecule has 5 nitrogen and oxygen atoms in total. The van der Waals surface area contributed by atoms with Crippen molar-refractivity contribution < 1.29 is 32.6 Å². The fourth-order valence-electron chi connectivity index (χ4n) is 2.64. The van der Waals surface area contributed by atoms with Gasteiger partial charge >= 0.3 is 12.1 Å². The molecular weight excluding hydrogens is 375 g/mol. The number of carbonyl (C=O) groups excluding carboxylic acids is 1. The van der Waals surface area contributed by atoms with E-state index in [9.17, 15) is 22.8 Å². The van der Waals surface area contributed by atoms with E-state index >= 15 is 0 Å². The van der Waals surface area contributed by atoms with Gasteiger partial charge in [0.15, 0.2) is 0 Å². The number of nitrogens with one attached hydrogen (secondary N) is 1. The molecule has 2 aromatic carbocycles. The second-order valence-corrected chi connectivity index (χ2v) is 6.03. The van der Waals surface area contributed by atoms with Gasteiger partial charge in [0, 0.05) is 5.56 Å². The molecule has 0 saturated carbocycles. The maximum Gasteiger partial charge on any atom is 0.416 e. The van der Waals surface area contributed by atoms with Crippen LogP contribution in [0, 0.1) is 0 Å². The van der Waals surface area contributed by atoms with Gasteiger partial charge in [0.25, 0.3) is 5.91 Å². The van der Waals surface area contributed by atoms with E-state index in [2.05, 4.69) is 5.32 Å². The van der Waals surface area contributed by atoms with E-state index in [0.717, 1.165) is 18.2 Å². The van der Waals surface area contributed by atoms with Crippen LogP contribution in [0.3, 0.4) is 0 Å². The molecule has 9 heteroatoms. The topological polar surface area (TPSA) is 75.6 Å². The van der Waals surface area contributed by atoms with Crippen LogP contribution in [0.15, 0.2) is 36.4 Å². The molecule has 3 rings (SSSR count). The zero-order valence-corrected chi connectivity index (χ0v) is 13.7. The molecule has 1 atom stereocenters. The number of alkyl halides is 3. The summed E-state index contributed by atoms with van der Waals surface area (Å²) in [5.41, 5.74) is -0.139. The van der Waals surface area contributed by atoms with E-state index in [1.165, 1.54) is 18.2 Å². The number of rotatable bonds is 4. The molecular formula is C17H11ClF3NO4. The predicted molar refractivity (Wildman–Crippen MR) is 85.4 cm³/mol. The lowest BCUT2D eigenvalue weighted by Gasteiger charge is -2.12. The minimum Gasteiger partial charge on any atom is -0.481 e. The normalized spacial score (nSPS) is 16.2. The number of aliphatic carboxylic acids is 1. The summed E-state index contributed by atoms with van der Waals surface area (Å²) in [7, 11) is 0. The first-order valence-corrected chi connectivity index (χ1v) is 7.74. The summed E-state index contributed by atoms with van der Waals surface area (Å²) < 4.78 is 43.5. The van der Waals surface area contributed by atoms with Crippen LogP contribution in [-0.4, -0.2) is 17.0 Å². The smallest absolute Gasteiger partial charge is 0.416 e. The van der Waals surface area contributed by atoms with Gasteiger partial charge in [-0.05, 0) is 35.9 Å². The van der Waals surface area contributed by atoms with Crippen LogP contribution >= 0.6 is 11.6 Å². The minimum atomic E-state index is -4.52. The van der Waals surface area contributed by atoms with Gasteiger partial charge in [0.1, 0.15) is 11.5 Å². The minimum absolute atomic E-state index is 0.0000998. The van der Waals surface area contributed by atoms with Crippen LogP contribution in [0.2, 0.25) is 5.02 Å². The van der Waals surface area contributed by atoms with Crippen LogP contribution < -0.4 is 10.1 Å². The number of carbonyl (C=O) groups is 2. The number of fused-ring (bicyclic) bond motifs is 1. The SMILES string of the molecule is O=C(O)CC1NC(=O)c2cc(Oc3ccc(C(F)(F)F)cc3Cl)ccc21. The lowest BCUT2D eigenvalue weighted by atomic mass is 10.0. The largest absolute Gasteiger partial charge is 0.481 e. The van der Waals surface area contributed by atoms with Crippen molar-refractivity contribution in [3.05, 3.63) is 58.1 Å². The molecule has 136 valence electrons. The Bertz CT molecular complexity index is 898. The van der Waals surface area contributed by atoms with Crippen molar-refractivity contribution in [2.45, 2.75) is 18.6 Å². The van der Waals surface area contributed by atoms with Crippen LogP contribution in [-0.2, 0) is 11.0 Å². The summed E-state index contributed by atoms with van der Waals surface area (Å²) in [5, 5.41) is 11.2. The molecule has 0 radical (unpaired) electrons. The number of carboxylic acids is 1. The molecule has 1 amide bonds. The van der Waals surface area contributed by atoms with E-state index in [-0.39, 0.29) is 28.5 Å². The first-order valence-electron chi connectivity index (χ1n) is 7.36. The molecule has 2 N–H and O–H groups in total. The fraction of sp³-hybridized carbons (Fsp3) is 0.176. The van der Waals surface area contributed by atoms with E-state index in [1.54, 1.807) is 0 Å². The molecule has 0 saturated heterocycles. The lowest BCUT2D eigenvalue weighted by molar-refractivity contribution is -0.138. The van der Waals surface area contributed by atoms with Crippen molar-refractivity contribution in [2.24, 2.45) is 0 Å². The van der Waals surface area contributed by atoms with Gasteiger partial charge in [-0.2, -0.15) is 13.2 Å². The second-order valence-electron chi connectivity index (χ2n) is 5.62. The highest BCUT2D eigenvalue weighted by atomic mass is 35.5. The molecule has 0 aromatic heterocycles. The van der Waals surface area contributed by atoms with Crippen molar-refractivity contribution in [1.82, 2.24) is 5.32 Å². The highest BCUT2D eigenvalue weighted by Gasteiger charge is 2.32. The molecule has 0 fully saturated rings. The highest BCUT2D eigenvalue weighted by molar-refractivity contribution is 6.32. The summed E-state index contributed by atoms with van der Waals surface area (Å²) in [6.07, 6.45) is -4.78. The number of hydrogen-bond donors (Lipinski definition) is 2. The maximum absolute atomic E-state index is 12.7. The molecule has 2 aromatic rings. The standard InChI is InChI=1S/C17H11ClF3NO4/c18-12-5-8(17(19,20)21)1-4-14(12)26-9-2-3-10-11(6-9)16(25)22-13(10)7-15(23)24/h1-6,13H,7H2,(H,22,25)(H,23,24). The maximum atomic E-state index is 12.7. The summed E-state index contributed by atoms with van der Waals surface area (Å²) in [5.74, 6) is -1.31. The Morgan fingerprint density at radius 2 is 1.96 bits per heavy atom. The van der Waals surface area contributed by atoms with Crippen LogP contribution in [0.4, 0.5) is 13.2 Å². The molecule has 0 spiro atoms. The van der Waals surface area contributed by atoms with Gasteiger partial charge in [-0.15, -0.1) is 0 Å². The number of benzene rings is 2. The predicted octanol–water partition coefficient (Wildman–Crippen LogP) is 4.41. The van der Waals surface area contributed by atoms with E-state index in [4.69, 9.17) is 21.4 Å². The molecule has 1 unspecified atom stereocenters. The second kappa shape index (κ2) is 6.53. The van der Waals surface area contributed by atoms with Crippen molar-refractivity contribution in [3.8, 4) is 11.5 Å². The van der Waals surface area contributed by atoms with E-state index < -0.39 is 29.7 Å². The fourth-order valence-corrected chi connectivity index (χ4v) is 2.85. The monoisotopic (exact) mass is 385 g/mol. The number of halogens is 4. The molecule has 1 aliphatic heterocycles. The van der Waals surface area contributed by atoms with Gasteiger partial charge in [-0.1, -0.05) is 17.7 Å². The number of carboxylic acid groups (broad SMARTS) is 1. The third-order valence-corrected chi connectivity index (χ3v) is 4.11. The Labute approximate surface area is 150 Å². The Hall–Kier alpha value is -2.74. The van der Waals surface area contributed by atoms with Crippen molar-refractivity contribution in [1.29, 1.82) is 0 Å². The zero-order valence-electron chi connectivity index (χ0n) is 12.9. The molecule has 26 heavy (non-hydrogen) atoms.